The largest absolute Gasteiger partial charge is 0.380 e. The first-order valence-corrected chi connectivity index (χ1v) is 7.29. The van der Waals surface area contributed by atoms with E-state index in [0.29, 0.717) is 25.7 Å². The summed E-state index contributed by atoms with van der Waals surface area (Å²) >= 11 is 0. The van der Waals surface area contributed by atoms with Crippen LogP contribution in [0, 0.1) is 0 Å². The Hall–Kier alpha value is -1.67. The molecular formula is C17H23IN4O. The zero-order valence-corrected chi connectivity index (χ0v) is 15.6. The minimum atomic E-state index is 0. The SMILES string of the molecule is COCc1ccccc1CN=C(N)NCCc1ccccn1.I. The van der Waals surface area contributed by atoms with Gasteiger partial charge in [-0.25, -0.2) is 4.99 Å². The highest BCUT2D eigenvalue weighted by Gasteiger charge is 2.01. The van der Waals surface area contributed by atoms with Crippen LogP contribution in [-0.4, -0.2) is 24.6 Å². The van der Waals surface area contributed by atoms with Crippen molar-refractivity contribution in [1.29, 1.82) is 0 Å². The van der Waals surface area contributed by atoms with Gasteiger partial charge in [0.2, 0.25) is 0 Å². The second-order valence-electron chi connectivity index (χ2n) is 4.90. The van der Waals surface area contributed by atoms with Gasteiger partial charge in [-0.05, 0) is 23.3 Å². The highest BCUT2D eigenvalue weighted by molar-refractivity contribution is 14.0. The first kappa shape index (κ1) is 19.4. The first-order chi connectivity index (χ1) is 10.8. The van der Waals surface area contributed by atoms with E-state index in [0.717, 1.165) is 23.2 Å². The predicted octanol–water partition coefficient (Wildman–Crippen LogP) is 2.49. The van der Waals surface area contributed by atoms with Crippen molar-refractivity contribution in [2.24, 2.45) is 10.7 Å². The lowest BCUT2D eigenvalue weighted by Crippen LogP contribution is -2.33. The Morgan fingerprint density at radius 2 is 1.91 bits per heavy atom. The van der Waals surface area contributed by atoms with Gasteiger partial charge in [0.05, 0.1) is 13.2 Å². The number of aromatic nitrogens is 1. The molecule has 0 atom stereocenters. The lowest BCUT2D eigenvalue weighted by molar-refractivity contribution is 0.184. The number of hydrogen-bond acceptors (Lipinski definition) is 3. The Labute approximate surface area is 154 Å². The molecular weight excluding hydrogens is 403 g/mol. The standard InChI is InChI=1S/C17H22N4O.HI/c1-22-13-15-7-3-2-6-14(15)12-21-17(18)20-11-9-16-8-4-5-10-19-16;/h2-8,10H,9,11-13H2,1H3,(H3,18,20,21);1H. The van der Waals surface area contributed by atoms with Gasteiger partial charge in [-0.1, -0.05) is 30.3 Å². The molecule has 1 aromatic carbocycles. The smallest absolute Gasteiger partial charge is 0.188 e. The normalized spacial score (nSPS) is 10.9. The van der Waals surface area contributed by atoms with Crippen LogP contribution in [0.5, 0.6) is 0 Å². The first-order valence-electron chi connectivity index (χ1n) is 7.29. The predicted molar refractivity (Wildman–Crippen MR) is 104 cm³/mol. The van der Waals surface area contributed by atoms with Crippen LogP contribution in [0.4, 0.5) is 0 Å². The molecule has 0 amide bonds. The van der Waals surface area contributed by atoms with Gasteiger partial charge < -0.3 is 15.8 Å². The summed E-state index contributed by atoms with van der Waals surface area (Å²) in [6.07, 6.45) is 2.61. The number of methoxy groups -OCH3 is 1. The van der Waals surface area contributed by atoms with Crippen LogP contribution in [0.2, 0.25) is 0 Å². The summed E-state index contributed by atoms with van der Waals surface area (Å²) in [6.45, 7) is 1.84. The minimum Gasteiger partial charge on any atom is -0.380 e. The van der Waals surface area contributed by atoms with Crippen LogP contribution in [-0.2, 0) is 24.3 Å². The summed E-state index contributed by atoms with van der Waals surface area (Å²) < 4.78 is 5.19. The number of halogens is 1. The molecule has 6 heteroatoms. The van der Waals surface area contributed by atoms with E-state index >= 15 is 0 Å². The summed E-state index contributed by atoms with van der Waals surface area (Å²) in [4.78, 5) is 8.64. The van der Waals surface area contributed by atoms with E-state index in [1.165, 1.54) is 0 Å². The van der Waals surface area contributed by atoms with E-state index in [9.17, 15) is 0 Å². The average molecular weight is 426 g/mol. The van der Waals surface area contributed by atoms with Crippen molar-refractivity contribution in [1.82, 2.24) is 10.3 Å². The van der Waals surface area contributed by atoms with Crippen molar-refractivity contribution in [2.45, 2.75) is 19.6 Å². The number of nitrogens with one attached hydrogen (secondary N) is 1. The third kappa shape index (κ3) is 6.96. The van der Waals surface area contributed by atoms with Crippen molar-refractivity contribution in [3.8, 4) is 0 Å². The lowest BCUT2D eigenvalue weighted by Gasteiger charge is -2.08. The zero-order valence-electron chi connectivity index (χ0n) is 13.2. The number of rotatable bonds is 7. The average Bonchev–Trinajstić information content (AvgIpc) is 2.55. The van der Waals surface area contributed by atoms with E-state index in [-0.39, 0.29) is 24.0 Å². The van der Waals surface area contributed by atoms with E-state index in [4.69, 9.17) is 10.5 Å². The molecule has 0 saturated heterocycles. The second-order valence-corrected chi connectivity index (χ2v) is 4.90. The fourth-order valence-electron chi connectivity index (χ4n) is 2.10. The molecule has 23 heavy (non-hydrogen) atoms. The fraction of sp³-hybridized carbons (Fsp3) is 0.294. The van der Waals surface area contributed by atoms with Crippen molar-refractivity contribution >= 4 is 29.9 Å². The van der Waals surface area contributed by atoms with Crippen molar-refractivity contribution in [3.63, 3.8) is 0 Å². The molecule has 2 aromatic rings. The maximum Gasteiger partial charge on any atom is 0.188 e. The van der Waals surface area contributed by atoms with Gasteiger partial charge in [0, 0.05) is 32.0 Å². The molecule has 5 nitrogen and oxygen atoms in total. The van der Waals surface area contributed by atoms with Crippen molar-refractivity contribution < 1.29 is 4.74 Å². The molecule has 1 aromatic heterocycles. The van der Waals surface area contributed by atoms with Gasteiger partial charge in [0.25, 0.3) is 0 Å². The number of aliphatic imine (C=N–C) groups is 1. The summed E-state index contributed by atoms with van der Waals surface area (Å²) in [5.41, 5.74) is 9.19. The number of ether oxygens (including phenoxy) is 1. The van der Waals surface area contributed by atoms with E-state index in [1.54, 1.807) is 13.3 Å². The Balaban J connectivity index is 0.00000264. The number of nitrogens with zero attached hydrogens (tertiary/aromatic N) is 2. The Bertz CT molecular complexity index is 605. The number of benzene rings is 1. The third-order valence-electron chi connectivity index (χ3n) is 3.25. The van der Waals surface area contributed by atoms with Gasteiger partial charge >= 0.3 is 0 Å². The Kier molecular flexibility index (Phi) is 9.23. The number of pyridine rings is 1. The van der Waals surface area contributed by atoms with E-state index < -0.39 is 0 Å². The van der Waals surface area contributed by atoms with Crippen molar-refractivity contribution in [3.05, 3.63) is 65.5 Å². The molecule has 0 fully saturated rings. The molecule has 0 saturated carbocycles. The monoisotopic (exact) mass is 426 g/mol. The Morgan fingerprint density at radius 1 is 1.17 bits per heavy atom. The van der Waals surface area contributed by atoms with Gasteiger partial charge in [-0.3, -0.25) is 4.98 Å². The quantitative estimate of drug-likeness (QED) is 0.406. The summed E-state index contributed by atoms with van der Waals surface area (Å²) in [7, 11) is 1.69. The van der Waals surface area contributed by atoms with Crippen LogP contribution in [0.1, 0.15) is 16.8 Å². The van der Waals surface area contributed by atoms with E-state index in [1.807, 2.05) is 42.5 Å². The molecule has 0 radical (unpaired) electrons. The summed E-state index contributed by atoms with van der Waals surface area (Å²) in [5.74, 6) is 0.447. The highest BCUT2D eigenvalue weighted by Crippen LogP contribution is 2.10. The molecule has 1 heterocycles. The summed E-state index contributed by atoms with van der Waals surface area (Å²) in [5, 5.41) is 3.11. The van der Waals surface area contributed by atoms with Gasteiger partial charge in [-0.15, -0.1) is 24.0 Å². The van der Waals surface area contributed by atoms with Gasteiger partial charge in [0.1, 0.15) is 0 Å². The van der Waals surface area contributed by atoms with Crippen LogP contribution < -0.4 is 11.1 Å². The fourth-order valence-corrected chi connectivity index (χ4v) is 2.10. The number of guanidine groups is 1. The molecule has 0 bridgehead atoms. The van der Waals surface area contributed by atoms with Crippen LogP contribution >= 0.6 is 24.0 Å². The van der Waals surface area contributed by atoms with Crippen molar-refractivity contribution in [2.75, 3.05) is 13.7 Å². The van der Waals surface area contributed by atoms with Crippen LogP contribution in [0.25, 0.3) is 0 Å². The van der Waals surface area contributed by atoms with Crippen LogP contribution in [0.15, 0.2) is 53.7 Å². The molecule has 2 rings (SSSR count). The molecule has 3 N–H and O–H groups in total. The molecule has 0 aliphatic carbocycles. The molecule has 0 unspecified atom stereocenters. The molecule has 0 aliphatic heterocycles. The molecule has 124 valence electrons. The maximum absolute atomic E-state index is 5.90. The highest BCUT2D eigenvalue weighted by atomic mass is 127. The summed E-state index contributed by atoms with van der Waals surface area (Å²) in [6, 6.07) is 14.0. The van der Waals surface area contributed by atoms with E-state index in [2.05, 4.69) is 15.3 Å². The molecule has 0 spiro atoms. The number of hydrogen-bond donors (Lipinski definition) is 2. The zero-order chi connectivity index (χ0) is 15.6. The minimum absolute atomic E-state index is 0. The lowest BCUT2D eigenvalue weighted by atomic mass is 10.1. The van der Waals surface area contributed by atoms with Crippen LogP contribution in [0.3, 0.4) is 0 Å². The topological polar surface area (TPSA) is 72.5 Å². The third-order valence-corrected chi connectivity index (χ3v) is 3.25. The molecule has 0 aliphatic rings. The number of nitrogens with two attached hydrogens (primary N) is 1. The second kappa shape index (κ2) is 11.0. The van der Waals surface area contributed by atoms with Gasteiger partial charge in [0.15, 0.2) is 5.96 Å². The Morgan fingerprint density at radius 3 is 2.61 bits per heavy atom. The van der Waals surface area contributed by atoms with Gasteiger partial charge in [-0.2, -0.15) is 0 Å². The maximum atomic E-state index is 5.90.